The predicted octanol–water partition coefficient (Wildman–Crippen LogP) is 0.981. The Balaban J connectivity index is 0.000000701. The van der Waals surface area contributed by atoms with Crippen LogP contribution >= 0.6 is 0 Å². The van der Waals surface area contributed by atoms with Crippen LogP contribution in [0.25, 0.3) is 0 Å². The number of nitrogens with zero attached hydrogens (tertiary/aromatic N) is 2. The van der Waals surface area contributed by atoms with Crippen molar-refractivity contribution in [3.8, 4) is 0 Å². The Kier molecular flexibility index (Phi) is 7.87. The molecular formula is C17H27N3O5. The third-order valence-corrected chi connectivity index (χ3v) is 4.59. The lowest BCUT2D eigenvalue weighted by Crippen LogP contribution is -2.39. The molecule has 0 bridgehead atoms. The molecule has 8 nitrogen and oxygen atoms in total. The molecule has 25 heavy (non-hydrogen) atoms. The van der Waals surface area contributed by atoms with Crippen LogP contribution in [0, 0.1) is 0 Å². The number of hydrogen-bond donors (Lipinski definition) is 2. The molecule has 0 radical (unpaired) electrons. The minimum Gasteiger partial charge on any atom is -0.483 e. The van der Waals surface area contributed by atoms with E-state index in [1.54, 1.807) is 7.11 Å². The summed E-state index contributed by atoms with van der Waals surface area (Å²) in [4.78, 5) is 22.6. The van der Waals surface area contributed by atoms with Crippen molar-refractivity contribution in [3.05, 3.63) is 17.0 Å². The molecule has 0 spiro atoms. The minimum absolute atomic E-state index is 0.0628. The Morgan fingerprint density at radius 3 is 2.88 bits per heavy atom. The van der Waals surface area contributed by atoms with Gasteiger partial charge in [0.25, 0.3) is 6.47 Å². The molecular weight excluding hydrogens is 326 g/mol. The van der Waals surface area contributed by atoms with Crippen LogP contribution in [0.2, 0.25) is 0 Å². The Morgan fingerprint density at radius 2 is 2.20 bits per heavy atom. The van der Waals surface area contributed by atoms with Gasteiger partial charge in [-0.05, 0) is 38.8 Å². The van der Waals surface area contributed by atoms with Crippen LogP contribution < -0.4 is 5.32 Å². The minimum atomic E-state index is -0.250. The Bertz CT molecular complexity index is 554. The predicted molar refractivity (Wildman–Crippen MR) is 90.2 cm³/mol. The number of carboxylic acid groups (broad SMARTS) is 1. The number of rotatable bonds is 6. The maximum Gasteiger partial charge on any atom is 0.290 e. The second-order valence-electron chi connectivity index (χ2n) is 6.37. The van der Waals surface area contributed by atoms with Crippen molar-refractivity contribution < 1.29 is 24.0 Å². The lowest BCUT2D eigenvalue weighted by molar-refractivity contribution is -0.123. The number of ether oxygens (including phenoxy) is 1. The van der Waals surface area contributed by atoms with Crippen molar-refractivity contribution >= 4 is 12.4 Å². The summed E-state index contributed by atoms with van der Waals surface area (Å²) in [5, 5.41) is 14.3. The average molecular weight is 353 g/mol. The average Bonchev–Trinajstić information content (AvgIpc) is 3.24. The quantitative estimate of drug-likeness (QED) is 0.735. The van der Waals surface area contributed by atoms with Crippen LogP contribution in [0.5, 0.6) is 0 Å². The zero-order chi connectivity index (χ0) is 18.1. The number of fused-ring (bicyclic) bond motifs is 1. The summed E-state index contributed by atoms with van der Waals surface area (Å²) < 4.78 is 10.5. The monoisotopic (exact) mass is 353 g/mol. The molecule has 8 heteroatoms. The van der Waals surface area contributed by atoms with Gasteiger partial charge in [-0.25, -0.2) is 0 Å². The molecule has 0 aromatic carbocycles. The summed E-state index contributed by atoms with van der Waals surface area (Å²) in [6.07, 6.45) is 5.59. The maximum atomic E-state index is 11.8. The molecule has 1 fully saturated rings. The maximum absolute atomic E-state index is 11.8. The van der Waals surface area contributed by atoms with E-state index in [0.717, 1.165) is 50.4 Å². The van der Waals surface area contributed by atoms with Crippen LogP contribution in [-0.4, -0.2) is 60.4 Å². The van der Waals surface area contributed by atoms with Gasteiger partial charge in [-0.15, -0.1) is 0 Å². The van der Waals surface area contributed by atoms with E-state index < -0.39 is 0 Å². The molecule has 1 saturated heterocycles. The second-order valence-corrected chi connectivity index (χ2v) is 6.37. The molecule has 1 amide bonds. The third kappa shape index (κ3) is 5.82. The van der Waals surface area contributed by atoms with Crippen LogP contribution in [0.4, 0.5) is 0 Å². The fourth-order valence-corrected chi connectivity index (χ4v) is 3.36. The summed E-state index contributed by atoms with van der Waals surface area (Å²) in [5.74, 6) is 1.07. The van der Waals surface area contributed by atoms with E-state index in [0.29, 0.717) is 13.0 Å². The summed E-state index contributed by atoms with van der Waals surface area (Å²) in [7, 11) is 1.61. The van der Waals surface area contributed by atoms with Gasteiger partial charge in [0.15, 0.2) is 0 Å². The molecule has 2 aliphatic rings. The summed E-state index contributed by atoms with van der Waals surface area (Å²) in [5.41, 5.74) is 2.28. The molecule has 1 unspecified atom stereocenters. The van der Waals surface area contributed by atoms with Gasteiger partial charge in [0.1, 0.15) is 11.5 Å². The molecule has 0 saturated carbocycles. The Hall–Kier alpha value is -1.93. The van der Waals surface area contributed by atoms with Gasteiger partial charge >= 0.3 is 0 Å². The summed E-state index contributed by atoms with van der Waals surface area (Å²) >= 11 is 0. The van der Waals surface area contributed by atoms with Crippen LogP contribution in [0.3, 0.4) is 0 Å². The van der Waals surface area contributed by atoms with Crippen LogP contribution in [0.15, 0.2) is 4.52 Å². The highest BCUT2D eigenvalue weighted by Crippen LogP contribution is 2.26. The third-order valence-electron chi connectivity index (χ3n) is 4.59. The first-order valence-electron chi connectivity index (χ1n) is 8.72. The van der Waals surface area contributed by atoms with Crippen molar-refractivity contribution in [2.45, 2.75) is 51.1 Å². The van der Waals surface area contributed by atoms with E-state index in [4.69, 9.17) is 19.2 Å². The first-order chi connectivity index (χ1) is 12.2. The van der Waals surface area contributed by atoms with Crippen molar-refractivity contribution in [1.82, 2.24) is 15.4 Å². The van der Waals surface area contributed by atoms with E-state index in [9.17, 15) is 4.79 Å². The van der Waals surface area contributed by atoms with Gasteiger partial charge in [0, 0.05) is 38.1 Å². The molecule has 1 atom stereocenters. The van der Waals surface area contributed by atoms with Gasteiger partial charge < -0.3 is 19.7 Å². The molecule has 3 rings (SSSR count). The number of carbonyl (C=O) groups excluding carboxylic acids is 1. The smallest absolute Gasteiger partial charge is 0.290 e. The standard InChI is InChI=1S/C16H25N3O3.CH2O2/c1-21-9-6-16(20)17-12-4-5-15-13(10-12)14(18-22-15)11-19-7-2-3-8-19;2-1-3/h12H,2-11H2,1H3,(H,17,20);1H,(H,2,3). The molecule has 1 aromatic heterocycles. The number of carbonyl (C=O) groups is 2. The van der Waals surface area contributed by atoms with Gasteiger partial charge in [-0.1, -0.05) is 5.16 Å². The molecule has 1 aliphatic carbocycles. The zero-order valence-corrected chi connectivity index (χ0v) is 14.7. The molecule has 1 aliphatic heterocycles. The molecule has 140 valence electrons. The van der Waals surface area contributed by atoms with E-state index in [1.807, 2.05) is 0 Å². The summed E-state index contributed by atoms with van der Waals surface area (Å²) in [6.45, 7) is 3.40. The largest absolute Gasteiger partial charge is 0.483 e. The van der Waals surface area contributed by atoms with E-state index in [2.05, 4.69) is 15.4 Å². The van der Waals surface area contributed by atoms with Gasteiger partial charge in [-0.2, -0.15) is 0 Å². The van der Waals surface area contributed by atoms with Crippen molar-refractivity contribution in [1.29, 1.82) is 0 Å². The number of likely N-dealkylation sites (tertiary alicyclic amines) is 1. The highest BCUT2D eigenvalue weighted by atomic mass is 16.5. The van der Waals surface area contributed by atoms with Crippen LogP contribution in [0.1, 0.15) is 42.7 Å². The number of methoxy groups -OCH3 is 1. The van der Waals surface area contributed by atoms with Crippen molar-refractivity contribution in [2.75, 3.05) is 26.8 Å². The fourth-order valence-electron chi connectivity index (χ4n) is 3.36. The van der Waals surface area contributed by atoms with E-state index >= 15 is 0 Å². The van der Waals surface area contributed by atoms with Crippen LogP contribution in [-0.2, 0) is 33.7 Å². The number of nitrogens with one attached hydrogen (secondary N) is 1. The first-order valence-corrected chi connectivity index (χ1v) is 8.72. The first kappa shape index (κ1) is 19.4. The molecule has 2 N–H and O–H groups in total. The van der Waals surface area contributed by atoms with Gasteiger partial charge in [0.2, 0.25) is 5.91 Å². The van der Waals surface area contributed by atoms with Crippen molar-refractivity contribution in [2.24, 2.45) is 0 Å². The fraction of sp³-hybridized carbons (Fsp3) is 0.706. The lowest BCUT2D eigenvalue weighted by atomic mass is 9.92. The number of aromatic nitrogens is 1. The lowest BCUT2D eigenvalue weighted by Gasteiger charge is -2.23. The van der Waals surface area contributed by atoms with E-state index in [1.165, 1.54) is 18.4 Å². The highest BCUT2D eigenvalue weighted by Gasteiger charge is 2.27. The molecule has 2 heterocycles. The Labute approximate surface area is 147 Å². The summed E-state index contributed by atoms with van der Waals surface area (Å²) in [6, 6.07) is 0.189. The number of aryl methyl sites for hydroxylation is 1. The normalized spacial score (nSPS) is 19.6. The van der Waals surface area contributed by atoms with E-state index in [-0.39, 0.29) is 18.4 Å². The van der Waals surface area contributed by atoms with Gasteiger partial charge in [-0.3, -0.25) is 14.5 Å². The Morgan fingerprint density at radius 1 is 1.48 bits per heavy atom. The van der Waals surface area contributed by atoms with Crippen molar-refractivity contribution in [3.63, 3.8) is 0 Å². The van der Waals surface area contributed by atoms with Gasteiger partial charge in [0.05, 0.1) is 6.61 Å². The second kappa shape index (κ2) is 10.1. The SMILES string of the molecule is COCCC(=O)NC1CCc2onc(CN3CCCC3)c2C1.O=CO. The number of amides is 1. The highest BCUT2D eigenvalue weighted by molar-refractivity contribution is 5.76. The topological polar surface area (TPSA) is 105 Å². The number of hydrogen-bond acceptors (Lipinski definition) is 6. The zero-order valence-electron chi connectivity index (χ0n) is 14.7. The molecule has 1 aromatic rings.